The van der Waals surface area contributed by atoms with E-state index in [2.05, 4.69) is 0 Å². The molecule has 0 bridgehead atoms. The Morgan fingerprint density at radius 3 is 2.44 bits per heavy atom. The molecule has 1 aromatic carbocycles. The molecule has 0 aliphatic carbocycles. The first kappa shape index (κ1) is 11.9. The summed E-state index contributed by atoms with van der Waals surface area (Å²) >= 11 is 1.81. The SMILES string of the molecule is NC(c1cc(F)cc(F)c1)C1CCCCS1. The molecule has 2 N–H and O–H groups in total. The zero-order valence-electron chi connectivity index (χ0n) is 8.96. The number of nitrogens with two attached hydrogens (primary N) is 1. The van der Waals surface area contributed by atoms with E-state index in [1.165, 1.54) is 18.6 Å². The van der Waals surface area contributed by atoms with Crippen molar-refractivity contribution < 1.29 is 8.78 Å². The van der Waals surface area contributed by atoms with Crippen LogP contribution in [0, 0.1) is 11.6 Å². The van der Waals surface area contributed by atoms with Gasteiger partial charge in [0.15, 0.2) is 0 Å². The van der Waals surface area contributed by atoms with Gasteiger partial charge in [-0.25, -0.2) is 8.78 Å². The van der Waals surface area contributed by atoms with Crippen molar-refractivity contribution in [1.82, 2.24) is 0 Å². The molecular weight excluding hydrogens is 228 g/mol. The van der Waals surface area contributed by atoms with Crippen molar-refractivity contribution in [2.75, 3.05) is 5.75 Å². The minimum absolute atomic E-state index is 0.268. The second-order valence-corrected chi connectivity index (χ2v) is 5.48. The number of benzene rings is 1. The van der Waals surface area contributed by atoms with Crippen LogP contribution in [0.2, 0.25) is 0 Å². The zero-order valence-corrected chi connectivity index (χ0v) is 9.77. The van der Waals surface area contributed by atoms with Crippen LogP contribution in [-0.4, -0.2) is 11.0 Å². The van der Waals surface area contributed by atoms with Gasteiger partial charge in [0, 0.05) is 17.4 Å². The third-order valence-electron chi connectivity index (χ3n) is 2.89. The standard InChI is InChI=1S/C12H15F2NS/c13-9-5-8(6-10(14)7-9)12(15)11-3-1-2-4-16-11/h5-7,11-12H,1-4,15H2. The highest BCUT2D eigenvalue weighted by Crippen LogP contribution is 2.33. The van der Waals surface area contributed by atoms with Crippen LogP contribution in [0.3, 0.4) is 0 Å². The molecule has 0 amide bonds. The Kier molecular flexibility index (Phi) is 3.82. The fraction of sp³-hybridized carbons (Fsp3) is 0.500. The first-order chi connectivity index (χ1) is 7.66. The maximum atomic E-state index is 13.1. The lowest BCUT2D eigenvalue weighted by Crippen LogP contribution is -2.26. The molecule has 1 aliphatic rings. The van der Waals surface area contributed by atoms with Crippen LogP contribution in [-0.2, 0) is 0 Å². The van der Waals surface area contributed by atoms with Crippen molar-refractivity contribution in [2.45, 2.75) is 30.6 Å². The highest BCUT2D eigenvalue weighted by Gasteiger charge is 2.23. The molecule has 16 heavy (non-hydrogen) atoms. The predicted molar refractivity (Wildman–Crippen MR) is 63.4 cm³/mol. The van der Waals surface area contributed by atoms with Crippen LogP contribution in [0.5, 0.6) is 0 Å². The van der Waals surface area contributed by atoms with Gasteiger partial charge in [0.25, 0.3) is 0 Å². The first-order valence-electron chi connectivity index (χ1n) is 5.50. The molecule has 4 heteroatoms. The van der Waals surface area contributed by atoms with Crippen molar-refractivity contribution in [2.24, 2.45) is 5.73 Å². The van der Waals surface area contributed by atoms with Crippen LogP contribution in [0.4, 0.5) is 8.78 Å². The van der Waals surface area contributed by atoms with E-state index in [4.69, 9.17) is 5.73 Å². The second-order valence-electron chi connectivity index (χ2n) is 4.13. The maximum absolute atomic E-state index is 13.1. The van der Waals surface area contributed by atoms with Crippen LogP contribution in [0.1, 0.15) is 30.9 Å². The lowest BCUT2D eigenvalue weighted by atomic mass is 10.00. The molecule has 0 radical (unpaired) electrons. The van der Waals surface area contributed by atoms with Gasteiger partial charge in [-0.2, -0.15) is 11.8 Å². The monoisotopic (exact) mass is 243 g/mol. The molecule has 0 saturated carbocycles. The molecule has 1 heterocycles. The minimum atomic E-state index is -0.550. The van der Waals surface area contributed by atoms with Gasteiger partial charge in [-0.1, -0.05) is 6.42 Å². The molecule has 2 unspecified atom stereocenters. The lowest BCUT2D eigenvalue weighted by Gasteiger charge is -2.27. The molecule has 1 aliphatic heterocycles. The van der Waals surface area contributed by atoms with Crippen molar-refractivity contribution in [1.29, 1.82) is 0 Å². The normalized spacial score (nSPS) is 23.1. The van der Waals surface area contributed by atoms with Gasteiger partial charge >= 0.3 is 0 Å². The van der Waals surface area contributed by atoms with Gasteiger partial charge in [-0.3, -0.25) is 0 Å². The number of rotatable bonds is 2. The second kappa shape index (κ2) is 5.15. The number of hydrogen-bond donors (Lipinski definition) is 1. The van der Waals surface area contributed by atoms with Gasteiger partial charge in [0.1, 0.15) is 11.6 Å². The summed E-state index contributed by atoms with van der Waals surface area (Å²) in [6.07, 6.45) is 3.40. The first-order valence-corrected chi connectivity index (χ1v) is 6.55. The summed E-state index contributed by atoms with van der Waals surface area (Å²) < 4.78 is 26.1. The van der Waals surface area contributed by atoms with Gasteiger partial charge in [-0.05, 0) is 36.3 Å². The highest BCUT2D eigenvalue weighted by atomic mass is 32.2. The summed E-state index contributed by atoms with van der Waals surface area (Å²) in [6, 6.07) is 3.28. The lowest BCUT2D eigenvalue weighted by molar-refractivity contribution is 0.554. The van der Waals surface area contributed by atoms with E-state index in [-0.39, 0.29) is 11.3 Å². The molecular formula is C12H15F2NS. The highest BCUT2D eigenvalue weighted by molar-refractivity contribution is 8.00. The van der Waals surface area contributed by atoms with Crippen LogP contribution < -0.4 is 5.73 Å². The summed E-state index contributed by atoms with van der Waals surface area (Å²) in [5.41, 5.74) is 6.62. The molecule has 88 valence electrons. The van der Waals surface area contributed by atoms with E-state index >= 15 is 0 Å². The van der Waals surface area contributed by atoms with Gasteiger partial charge < -0.3 is 5.73 Å². The summed E-state index contributed by atoms with van der Waals surface area (Å²) in [6.45, 7) is 0. The molecule has 0 spiro atoms. The molecule has 0 aromatic heterocycles. The molecule has 1 aromatic rings. The van der Waals surface area contributed by atoms with Gasteiger partial charge in [-0.15, -0.1) is 0 Å². The molecule has 2 rings (SSSR count). The predicted octanol–water partition coefficient (Wildman–Crippen LogP) is 3.25. The Bertz CT molecular complexity index is 344. The van der Waals surface area contributed by atoms with E-state index in [1.807, 2.05) is 11.8 Å². The third-order valence-corrected chi connectivity index (χ3v) is 4.37. The Balaban J connectivity index is 2.15. The largest absolute Gasteiger partial charge is 0.323 e. The Labute approximate surface area is 98.4 Å². The third kappa shape index (κ3) is 2.74. The Hall–Kier alpha value is -0.610. The van der Waals surface area contributed by atoms with E-state index in [0.717, 1.165) is 24.7 Å². The quantitative estimate of drug-likeness (QED) is 0.863. The van der Waals surface area contributed by atoms with Gasteiger partial charge in [0.05, 0.1) is 0 Å². The van der Waals surface area contributed by atoms with Crippen molar-refractivity contribution in [3.63, 3.8) is 0 Å². The average Bonchev–Trinajstić information content (AvgIpc) is 2.28. The molecule has 1 fully saturated rings. The maximum Gasteiger partial charge on any atom is 0.126 e. The zero-order chi connectivity index (χ0) is 11.5. The summed E-state index contributed by atoms with van der Waals surface area (Å²) in [5.74, 6) is -0.00610. The minimum Gasteiger partial charge on any atom is -0.323 e. The summed E-state index contributed by atoms with van der Waals surface area (Å²) in [5, 5.41) is 0.287. The summed E-state index contributed by atoms with van der Waals surface area (Å²) in [4.78, 5) is 0. The van der Waals surface area contributed by atoms with E-state index < -0.39 is 11.6 Å². The van der Waals surface area contributed by atoms with Crippen molar-refractivity contribution in [3.8, 4) is 0 Å². The van der Waals surface area contributed by atoms with E-state index in [1.54, 1.807) is 0 Å². The Morgan fingerprint density at radius 1 is 1.19 bits per heavy atom. The number of hydrogen-bond acceptors (Lipinski definition) is 2. The van der Waals surface area contributed by atoms with Crippen molar-refractivity contribution >= 4 is 11.8 Å². The average molecular weight is 243 g/mol. The van der Waals surface area contributed by atoms with Crippen LogP contribution >= 0.6 is 11.8 Å². The van der Waals surface area contributed by atoms with E-state index in [0.29, 0.717) is 5.56 Å². The fourth-order valence-corrected chi connectivity index (χ4v) is 3.40. The number of thioether (sulfide) groups is 1. The fourth-order valence-electron chi connectivity index (χ4n) is 2.03. The number of halogens is 2. The van der Waals surface area contributed by atoms with E-state index in [9.17, 15) is 8.78 Å². The van der Waals surface area contributed by atoms with Crippen LogP contribution in [0.15, 0.2) is 18.2 Å². The molecule has 1 nitrogen and oxygen atoms in total. The van der Waals surface area contributed by atoms with Crippen molar-refractivity contribution in [3.05, 3.63) is 35.4 Å². The topological polar surface area (TPSA) is 26.0 Å². The smallest absolute Gasteiger partial charge is 0.126 e. The molecule has 2 atom stereocenters. The molecule has 1 saturated heterocycles. The Morgan fingerprint density at radius 2 is 1.88 bits per heavy atom. The van der Waals surface area contributed by atoms with Crippen LogP contribution in [0.25, 0.3) is 0 Å². The van der Waals surface area contributed by atoms with Gasteiger partial charge in [0.2, 0.25) is 0 Å². The summed E-state index contributed by atoms with van der Waals surface area (Å²) in [7, 11) is 0.